The van der Waals surface area contributed by atoms with Crippen LogP contribution >= 0.6 is 23.2 Å². The summed E-state index contributed by atoms with van der Waals surface area (Å²) in [5.41, 5.74) is 1.43. The molecule has 0 atom stereocenters. The summed E-state index contributed by atoms with van der Waals surface area (Å²) in [4.78, 5) is 33.5. The Kier molecular flexibility index (Phi) is 5.36. The lowest BCUT2D eigenvalue weighted by atomic mass is 10.0. The van der Waals surface area contributed by atoms with Crippen molar-refractivity contribution in [3.8, 4) is 0 Å². The predicted molar refractivity (Wildman–Crippen MR) is 87.5 cm³/mol. The van der Waals surface area contributed by atoms with Gasteiger partial charge in [0.2, 0.25) is 5.78 Å². The van der Waals surface area contributed by atoms with Gasteiger partial charge in [-0.15, -0.1) is 0 Å². The molecule has 0 unspecified atom stereocenters. The molecule has 118 valence electrons. The summed E-state index contributed by atoms with van der Waals surface area (Å²) in [6, 6.07) is 11.7. The van der Waals surface area contributed by atoms with Crippen molar-refractivity contribution in [2.45, 2.75) is 6.42 Å². The summed E-state index contributed by atoms with van der Waals surface area (Å²) in [5, 5.41) is 12.4. The topological polar surface area (TPSA) is 83.5 Å². The van der Waals surface area contributed by atoms with Crippen LogP contribution in [0.5, 0.6) is 0 Å². The van der Waals surface area contributed by atoms with E-state index in [0.29, 0.717) is 27.0 Å². The number of hydrogen-bond donors (Lipinski definition) is 2. The molecule has 0 heterocycles. The fourth-order valence-electron chi connectivity index (χ4n) is 1.92. The fraction of sp³-hybridized carbons (Fsp3) is 0.0625. The smallest absolute Gasteiger partial charge is 0.380 e. The molecule has 2 aromatic carbocycles. The van der Waals surface area contributed by atoms with Gasteiger partial charge in [-0.3, -0.25) is 9.59 Å². The molecule has 2 aromatic rings. The molecule has 0 aromatic heterocycles. The van der Waals surface area contributed by atoms with Crippen molar-refractivity contribution < 1.29 is 19.5 Å². The van der Waals surface area contributed by atoms with Gasteiger partial charge in [-0.05, 0) is 23.8 Å². The minimum absolute atomic E-state index is 0.337. The average Bonchev–Trinajstić information content (AvgIpc) is 2.51. The fourth-order valence-corrected chi connectivity index (χ4v) is 2.41. The molecule has 0 fully saturated rings. The van der Waals surface area contributed by atoms with Crippen LogP contribution in [-0.4, -0.2) is 22.6 Å². The maximum absolute atomic E-state index is 11.7. The van der Waals surface area contributed by atoms with Gasteiger partial charge in [0.05, 0.1) is 15.7 Å². The Hall–Kier alpha value is -2.37. The quantitative estimate of drug-likeness (QED) is 0.614. The number of ketones is 2. The Morgan fingerprint density at radius 2 is 1.57 bits per heavy atom. The molecule has 0 saturated carbocycles. The zero-order valence-electron chi connectivity index (χ0n) is 11.7. The molecule has 0 amide bonds. The Labute approximate surface area is 141 Å². The lowest BCUT2D eigenvalue weighted by Gasteiger charge is -2.13. The van der Waals surface area contributed by atoms with Crippen LogP contribution in [0.25, 0.3) is 0 Å². The van der Waals surface area contributed by atoms with Gasteiger partial charge in [-0.25, -0.2) is 4.79 Å². The van der Waals surface area contributed by atoms with E-state index in [0.717, 1.165) is 0 Å². The number of para-hydroxylation sites is 2. The van der Waals surface area contributed by atoms with Crippen molar-refractivity contribution in [1.29, 1.82) is 0 Å². The van der Waals surface area contributed by atoms with E-state index in [1.807, 2.05) is 0 Å². The SMILES string of the molecule is O=C(O)C(=O)C(=O)Cc1ccccc1Nc1c(Cl)cccc1Cl. The number of hydrogen-bond acceptors (Lipinski definition) is 4. The van der Waals surface area contributed by atoms with Crippen LogP contribution in [0.2, 0.25) is 10.0 Å². The molecular weight excluding hydrogens is 341 g/mol. The number of Topliss-reactive ketones (excluding diaryl/α,β-unsaturated/α-hetero) is 2. The lowest BCUT2D eigenvalue weighted by Crippen LogP contribution is -2.25. The maximum atomic E-state index is 11.7. The van der Waals surface area contributed by atoms with Gasteiger partial charge in [-0.1, -0.05) is 47.5 Å². The highest BCUT2D eigenvalue weighted by Gasteiger charge is 2.22. The van der Waals surface area contributed by atoms with Crippen LogP contribution in [0.1, 0.15) is 5.56 Å². The Morgan fingerprint density at radius 1 is 0.957 bits per heavy atom. The standard InChI is InChI=1S/C16H11Cl2NO4/c17-10-5-3-6-11(18)14(10)19-12-7-2-1-4-9(12)8-13(20)15(21)16(22)23/h1-7,19H,8H2,(H,22,23). The summed E-state index contributed by atoms with van der Waals surface area (Å²) in [6.45, 7) is 0. The first-order valence-corrected chi connectivity index (χ1v) is 7.25. The third kappa shape index (κ3) is 4.09. The van der Waals surface area contributed by atoms with Gasteiger partial charge in [0.25, 0.3) is 0 Å². The molecule has 2 N–H and O–H groups in total. The van der Waals surface area contributed by atoms with Crippen LogP contribution in [0.15, 0.2) is 42.5 Å². The minimum Gasteiger partial charge on any atom is -0.475 e. The number of halogens is 2. The van der Waals surface area contributed by atoms with Gasteiger partial charge >= 0.3 is 11.8 Å². The number of carbonyl (C=O) groups excluding carboxylic acids is 2. The number of rotatable bonds is 6. The molecule has 23 heavy (non-hydrogen) atoms. The van der Waals surface area contributed by atoms with Crippen LogP contribution in [-0.2, 0) is 20.8 Å². The zero-order chi connectivity index (χ0) is 17.0. The molecule has 0 saturated heterocycles. The van der Waals surface area contributed by atoms with E-state index in [-0.39, 0.29) is 6.42 Å². The van der Waals surface area contributed by atoms with Crippen molar-refractivity contribution in [1.82, 2.24) is 0 Å². The number of carboxylic acid groups (broad SMARTS) is 1. The molecule has 0 spiro atoms. The van der Waals surface area contributed by atoms with Gasteiger partial charge < -0.3 is 10.4 Å². The van der Waals surface area contributed by atoms with Crippen molar-refractivity contribution >= 4 is 52.1 Å². The molecule has 5 nitrogen and oxygen atoms in total. The monoisotopic (exact) mass is 351 g/mol. The minimum atomic E-state index is -1.77. The first-order chi connectivity index (χ1) is 10.9. The van der Waals surface area contributed by atoms with Crippen molar-refractivity contribution in [3.05, 3.63) is 58.1 Å². The first-order valence-electron chi connectivity index (χ1n) is 6.49. The van der Waals surface area contributed by atoms with Crippen molar-refractivity contribution in [2.24, 2.45) is 0 Å². The third-order valence-corrected chi connectivity index (χ3v) is 3.67. The predicted octanol–water partition coefficient (Wildman–Crippen LogP) is 3.50. The molecular formula is C16H11Cl2NO4. The van der Waals surface area contributed by atoms with Gasteiger partial charge in [0.15, 0.2) is 0 Å². The summed E-state index contributed by atoms with van der Waals surface area (Å²) < 4.78 is 0. The number of anilines is 2. The van der Waals surface area contributed by atoms with E-state index in [9.17, 15) is 14.4 Å². The average molecular weight is 352 g/mol. The second-order valence-electron chi connectivity index (χ2n) is 4.61. The number of carbonyl (C=O) groups is 3. The Bertz CT molecular complexity index is 769. The van der Waals surface area contributed by atoms with E-state index < -0.39 is 17.5 Å². The van der Waals surface area contributed by atoms with E-state index in [2.05, 4.69) is 5.32 Å². The molecule has 0 aliphatic carbocycles. The Balaban J connectivity index is 2.30. The van der Waals surface area contributed by atoms with E-state index in [1.165, 1.54) is 0 Å². The van der Waals surface area contributed by atoms with E-state index in [4.69, 9.17) is 28.3 Å². The van der Waals surface area contributed by atoms with Crippen LogP contribution in [0, 0.1) is 0 Å². The summed E-state index contributed by atoms with van der Waals surface area (Å²) in [5.74, 6) is -4.22. The van der Waals surface area contributed by atoms with Gasteiger partial charge in [0, 0.05) is 12.1 Å². The summed E-state index contributed by atoms with van der Waals surface area (Å²) in [7, 11) is 0. The highest BCUT2D eigenvalue weighted by atomic mass is 35.5. The molecule has 0 radical (unpaired) electrons. The van der Waals surface area contributed by atoms with Crippen molar-refractivity contribution in [3.63, 3.8) is 0 Å². The molecule has 0 bridgehead atoms. The number of benzene rings is 2. The second-order valence-corrected chi connectivity index (χ2v) is 5.43. The summed E-state index contributed by atoms with van der Waals surface area (Å²) in [6.07, 6.45) is -0.337. The van der Waals surface area contributed by atoms with Gasteiger partial charge in [-0.2, -0.15) is 0 Å². The molecule has 7 heteroatoms. The summed E-state index contributed by atoms with van der Waals surface area (Å²) >= 11 is 12.2. The number of aliphatic carboxylic acids is 1. The zero-order valence-corrected chi connectivity index (χ0v) is 13.2. The normalized spacial score (nSPS) is 10.2. The molecule has 2 rings (SSSR count). The molecule has 0 aliphatic heterocycles. The first kappa shape index (κ1) is 17.0. The molecule has 0 aliphatic rings. The highest BCUT2D eigenvalue weighted by molar-refractivity contribution is 6.61. The largest absolute Gasteiger partial charge is 0.475 e. The van der Waals surface area contributed by atoms with E-state index in [1.54, 1.807) is 42.5 Å². The van der Waals surface area contributed by atoms with Gasteiger partial charge in [0.1, 0.15) is 0 Å². The number of nitrogens with one attached hydrogen (secondary N) is 1. The highest BCUT2D eigenvalue weighted by Crippen LogP contribution is 2.33. The Morgan fingerprint density at radius 3 is 2.17 bits per heavy atom. The maximum Gasteiger partial charge on any atom is 0.380 e. The van der Waals surface area contributed by atoms with Crippen LogP contribution in [0.4, 0.5) is 11.4 Å². The third-order valence-electron chi connectivity index (χ3n) is 3.04. The number of carboxylic acids is 1. The van der Waals surface area contributed by atoms with Crippen molar-refractivity contribution in [2.75, 3.05) is 5.32 Å². The van der Waals surface area contributed by atoms with E-state index >= 15 is 0 Å². The van der Waals surface area contributed by atoms with Crippen LogP contribution in [0.3, 0.4) is 0 Å². The second kappa shape index (κ2) is 7.26. The van der Waals surface area contributed by atoms with Crippen LogP contribution < -0.4 is 5.32 Å². The lowest BCUT2D eigenvalue weighted by molar-refractivity contribution is -0.152.